The number of fused-ring (bicyclic) bond motifs is 1. The Morgan fingerprint density at radius 3 is 2.52 bits per heavy atom. The minimum Gasteiger partial charge on any atom is -0.475 e. The summed E-state index contributed by atoms with van der Waals surface area (Å²) in [5, 5.41) is 7.12. The molecule has 3 atom stereocenters. The average Bonchev–Trinajstić information content (AvgIpc) is 3.27. The molecule has 25 heavy (non-hydrogen) atoms. The molecule has 0 amide bonds. The summed E-state index contributed by atoms with van der Waals surface area (Å²) in [5.74, 6) is -1.76. The second-order valence-corrected chi connectivity index (χ2v) is 6.80. The SMILES string of the molecule is C=CCOC[C@H]1CC[C@@H]2[C@@H](CCN2CC2CC2)O1.O=C(O)C(F)(F)F. The number of ether oxygens (including phenoxy) is 2. The van der Waals surface area contributed by atoms with Crippen LogP contribution in [0, 0.1) is 5.92 Å². The molecular formula is C17H26F3NO4. The molecule has 0 spiro atoms. The van der Waals surface area contributed by atoms with Crippen LogP contribution in [-0.4, -0.2) is 66.7 Å². The van der Waals surface area contributed by atoms with Gasteiger partial charge in [-0.3, -0.25) is 4.90 Å². The van der Waals surface area contributed by atoms with Crippen molar-refractivity contribution in [3.63, 3.8) is 0 Å². The fourth-order valence-electron chi connectivity index (χ4n) is 3.35. The molecule has 0 aromatic carbocycles. The van der Waals surface area contributed by atoms with Crippen LogP contribution in [0.15, 0.2) is 12.7 Å². The molecule has 3 rings (SSSR count). The minimum atomic E-state index is -5.08. The van der Waals surface area contributed by atoms with Gasteiger partial charge in [0.05, 0.1) is 25.4 Å². The van der Waals surface area contributed by atoms with Crippen LogP contribution in [0.3, 0.4) is 0 Å². The van der Waals surface area contributed by atoms with E-state index in [-0.39, 0.29) is 0 Å². The number of carboxylic acids is 1. The summed E-state index contributed by atoms with van der Waals surface area (Å²) in [6, 6.07) is 0.696. The minimum absolute atomic E-state index is 0.312. The molecule has 2 aliphatic heterocycles. The number of halogens is 3. The van der Waals surface area contributed by atoms with E-state index < -0.39 is 12.1 Å². The van der Waals surface area contributed by atoms with Gasteiger partial charge in [-0.15, -0.1) is 6.58 Å². The molecular weight excluding hydrogens is 339 g/mol. The largest absolute Gasteiger partial charge is 0.490 e. The highest BCUT2D eigenvalue weighted by Crippen LogP contribution is 2.36. The van der Waals surface area contributed by atoms with E-state index in [4.69, 9.17) is 19.4 Å². The van der Waals surface area contributed by atoms with Crippen LogP contribution in [0.1, 0.15) is 32.1 Å². The van der Waals surface area contributed by atoms with Gasteiger partial charge in [-0.05, 0) is 38.0 Å². The predicted octanol–water partition coefficient (Wildman–Crippen LogP) is 2.85. The third kappa shape index (κ3) is 6.60. The zero-order chi connectivity index (χ0) is 18.4. The van der Waals surface area contributed by atoms with Gasteiger partial charge < -0.3 is 14.6 Å². The second kappa shape index (κ2) is 9.00. The van der Waals surface area contributed by atoms with Crippen LogP contribution >= 0.6 is 0 Å². The number of alkyl halides is 3. The maximum atomic E-state index is 10.6. The molecule has 1 aliphatic carbocycles. The molecule has 0 aromatic heterocycles. The predicted molar refractivity (Wildman–Crippen MR) is 85.3 cm³/mol. The molecule has 5 nitrogen and oxygen atoms in total. The Morgan fingerprint density at radius 1 is 1.28 bits per heavy atom. The van der Waals surface area contributed by atoms with Crippen LogP contribution in [-0.2, 0) is 14.3 Å². The van der Waals surface area contributed by atoms with Crippen LogP contribution in [0.4, 0.5) is 13.2 Å². The van der Waals surface area contributed by atoms with E-state index >= 15 is 0 Å². The molecule has 3 aliphatic rings. The Labute approximate surface area is 145 Å². The van der Waals surface area contributed by atoms with Gasteiger partial charge in [0.25, 0.3) is 0 Å². The van der Waals surface area contributed by atoms with E-state index in [0.717, 1.165) is 18.9 Å². The molecule has 0 unspecified atom stereocenters. The number of carboxylic acid groups (broad SMARTS) is 1. The van der Waals surface area contributed by atoms with Crippen molar-refractivity contribution in [1.29, 1.82) is 0 Å². The summed E-state index contributed by atoms with van der Waals surface area (Å²) in [7, 11) is 0. The summed E-state index contributed by atoms with van der Waals surface area (Å²) in [4.78, 5) is 11.6. The van der Waals surface area contributed by atoms with Crippen molar-refractivity contribution in [2.75, 3.05) is 26.3 Å². The zero-order valence-electron chi connectivity index (χ0n) is 14.2. The standard InChI is InChI=1S/C15H25NO2.C2HF3O2/c1-2-9-17-11-13-5-6-14-15(18-13)7-8-16(14)10-12-3-4-12;3-2(4,5)1(6)7/h2,12-15H,1,3-11H2;(H,6,7)/t13-,14-,15-;/m1./s1. The maximum absolute atomic E-state index is 10.6. The van der Waals surface area contributed by atoms with Gasteiger partial charge in [0.15, 0.2) is 0 Å². The second-order valence-electron chi connectivity index (χ2n) is 6.80. The molecule has 0 bridgehead atoms. The summed E-state index contributed by atoms with van der Waals surface area (Å²) in [6.07, 6.45) is 4.06. The van der Waals surface area contributed by atoms with Gasteiger partial charge in [-0.2, -0.15) is 13.2 Å². The highest BCUT2D eigenvalue weighted by atomic mass is 19.4. The van der Waals surface area contributed by atoms with Gasteiger partial charge in [0.1, 0.15) is 0 Å². The number of rotatable bonds is 6. The topological polar surface area (TPSA) is 59.0 Å². The number of hydrogen-bond acceptors (Lipinski definition) is 4. The first-order valence-electron chi connectivity index (χ1n) is 8.69. The quantitative estimate of drug-likeness (QED) is 0.579. The van der Waals surface area contributed by atoms with Crippen LogP contribution in [0.2, 0.25) is 0 Å². The zero-order valence-corrected chi connectivity index (χ0v) is 14.2. The fourth-order valence-corrected chi connectivity index (χ4v) is 3.35. The van der Waals surface area contributed by atoms with E-state index in [1.807, 2.05) is 0 Å². The molecule has 8 heteroatoms. The summed E-state index contributed by atoms with van der Waals surface area (Å²) < 4.78 is 43.4. The van der Waals surface area contributed by atoms with Crippen molar-refractivity contribution in [1.82, 2.24) is 4.90 Å². The Kier molecular flexibility index (Phi) is 7.27. The van der Waals surface area contributed by atoms with E-state index in [1.165, 1.54) is 38.8 Å². The monoisotopic (exact) mass is 365 g/mol. The van der Waals surface area contributed by atoms with Gasteiger partial charge >= 0.3 is 12.1 Å². The Bertz CT molecular complexity index is 454. The van der Waals surface area contributed by atoms with Gasteiger partial charge in [0, 0.05) is 19.1 Å². The fraction of sp³-hybridized carbons (Fsp3) is 0.824. The first-order chi connectivity index (χ1) is 11.8. The normalized spacial score (nSPS) is 29.5. The van der Waals surface area contributed by atoms with E-state index in [9.17, 15) is 13.2 Å². The van der Waals surface area contributed by atoms with Crippen molar-refractivity contribution in [2.45, 2.75) is 56.5 Å². The molecule has 2 heterocycles. The Balaban J connectivity index is 0.000000277. The maximum Gasteiger partial charge on any atom is 0.490 e. The van der Waals surface area contributed by atoms with Crippen molar-refractivity contribution in [3.8, 4) is 0 Å². The summed E-state index contributed by atoms with van der Waals surface area (Å²) in [5.41, 5.74) is 0. The van der Waals surface area contributed by atoms with Crippen molar-refractivity contribution in [2.24, 2.45) is 5.92 Å². The molecule has 2 saturated heterocycles. The first kappa shape index (κ1) is 20.2. The average molecular weight is 365 g/mol. The molecule has 144 valence electrons. The number of likely N-dealkylation sites (tertiary alicyclic amines) is 1. The molecule has 1 N–H and O–H groups in total. The van der Waals surface area contributed by atoms with Gasteiger partial charge in [-0.1, -0.05) is 6.08 Å². The van der Waals surface area contributed by atoms with Crippen LogP contribution in [0.5, 0.6) is 0 Å². The lowest BCUT2D eigenvalue weighted by atomic mass is 9.99. The van der Waals surface area contributed by atoms with Gasteiger partial charge in [0.2, 0.25) is 0 Å². The number of aliphatic carboxylic acids is 1. The molecule has 3 fully saturated rings. The number of carbonyl (C=O) groups is 1. The van der Waals surface area contributed by atoms with E-state index in [0.29, 0.717) is 24.9 Å². The third-order valence-corrected chi connectivity index (χ3v) is 4.72. The lowest BCUT2D eigenvalue weighted by Gasteiger charge is -2.36. The molecule has 1 saturated carbocycles. The molecule has 0 aromatic rings. The summed E-state index contributed by atoms with van der Waals surface area (Å²) in [6.45, 7) is 7.61. The lowest BCUT2D eigenvalue weighted by Crippen LogP contribution is -2.44. The van der Waals surface area contributed by atoms with Gasteiger partial charge in [-0.25, -0.2) is 4.79 Å². The third-order valence-electron chi connectivity index (χ3n) is 4.72. The van der Waals surface area contributed by atoms with Crippen LogP contribution < -0.4 is 0 Å². The number of hydrogen-bond donors (Lipinski definition) is 1. The smallest absolute Gasteiger partial charge is 0.475 e. The van der Waals surface area contributed by atoms with E-state index in [1.54, 1.807) is 6.08 Å². The van der Waals surface area contributed by atoms with E-state index in [2.05, 4.69) is 11.5 Å². The summed E-state index contributed by atoms with van der Waals surface area (Å²) >= 11 is 0. The van der Waals surface area contributed by atoms with Crippen molar-refractivity contribution in [3.05, 3.63) is 12.7 Å². The highest BCUT2D eigenvalue weighted by Gasteiger charge is 2.41. The lowest BCUT2D eigenvalue weighted by molar-refractivity contribution is -0.192. The van der Waals surface area contributed by atoms with Crippen LogP contribution in [0.25, 0.3) is 0 Å². The highest BCUT2D eigenvalue weighted by molar-refractivity contribution is 5.73. The molecule has 0 radical (unpaired) electrons. The first-order valence-corrected chi connectivity index (χ1v) is 8.69. The Hall–Kier alpha value is -1.12. The van der Waals surface area contributed by atoms with Crippen molar-refractivity contribution >= 4 is 5.97 Å². The Morgan fingerprint density at radius 2 is 1.96 bits per heavy atom. The number of nitrogens with zero attached hydrogens (tertiary/aromatic N) is 1. The van der Waals surface area contributed by atoms with Crippen molar-refractivity contribution < 1.29 is 32.5 Å².